The molecular weight excluding hydrogens is 358 g/mol. The summed E-state index contributed by atoms with van der Waals surface area (Å²) in [5.41, 5.74) is 0.653. The molecule has 0 bridgehead atoms. The van der Waals surface area contributed by atoms with Crippen LogP contribution in [0.2, 0.25) is 0 Å². The maximum Gasteiger partial charge on any atom is 0.325 e. The van der Waals surface area contributed by atoms with Crippen molar-refractivity contribution in [1.29, 1.82) is 0 Å². The Hall–Kier alpha value is -3.53. The molecule has 1 aromatic heterocycles. The first-order chi connectivity index (χ1) is 12.6. The highest BCUT2D eigenvalue weighted by atomic mass is 32.1. The van der Waals surface area contributed by atoms with Gasteiger partial charge in [-0.05, 0) is 24.3 Å². The summed E-state index contributed by atoms with van der Waals surface area (Å²) in [5.74, 6) is 0.474. The molecule has 0 aliphatic heterocycles. The molecule has 0 spiro atoms. The van der Waals surface area contributed by atoms with Gasteiger partial charge in [-0.3, -0.25) is 15.4 Å². The molecule has 3 rings (SSSR count). The first-order valence-corrected chi connectivity index (χ1v) is 8.24. The van der Waals surface area contributed by atoms with Gasteiger partial charge in [-0.25, -0.2) is 4.79 Å². The SMILES string of the molecule is O=C(Nc1ccccc1)Nc1nnc(COc2ccc([N+](=O)[O-])cc2)s1. The number of benzene rings is 2. The van der Waals surface area contributed by atoms with Crippen LogP contribution in [-0.4, -0.2) is 21.2 Å². The molecule has 2 aromatic carbocycles. The molecule has 0 radical (unpaired) electrons. The number of urea groups is 1. The van der Waals surface area contributed by atoms with E-state index in [1.54, 1.807) is 12.1 Å². The van der Waals surface area contributed by atoms with Crippen molar-refractivity contribution in [3.63, 3.8) is 0 Å². The minimum Gasteiger partial charge on any atom is -0.486 e. The number of hydrogen-bond donors (Lipinski definition) is 2. The Bertz CT molecular complexity index is 899. The summed E-state index contributed by atoms with van der Waals surface area (Å²) >= 11 is 1.17. The number of carbonyl (C=O) groups excluding carboxylic acids is 1. The fraction of sp³-hybridized carbons (Fsp3) is 0.0625. The summed E-state index contributed by atoms with van der Waals surface area (Å²) in [6, 6.07) is 14.3. The van der Waals surface area contributed by atoms with Crippen molar-refractivity contribution in [3.8, 4) is 5.75 Å². The number of rotatable bonds is 6. The summed E-state index contributed by atoms with van der Waals surface area (Å²) in [7, 11) is 0. The van der Waals surface area contributed by atoms with Crippen LogP contribution in [-0.2, 0) is 6.61 Å². The molecule has 2 N–H and O–H groups in total. The van der Waals surface area contributed by atoms with Gasteiger partial charge in [0, 0.05) is 17.8 Å². The molecule has 9 nitrogen and oxygen atoms in total. The zero-order valence-corrected chi connectivity index (χ0v) is 14.1. The van der Waals surface area contributed by atoms with E-state index in [2.05, 4.69) is 20.8 Å². The number of carbonyl (C=O) groups is 1. The second-order valence-corrected chi connectivity index (χ2v) is 6.05. The van der Waals surface area contributed by atoms with Crippen LogP contribution < -0.4 is 15.4 Å². The molecule has 0 unspecified atom stereocenters. The summed E-state index contributed by atoms with van der Waals surface area (Å²) in [5, 5.41) is 24.6. The second kappa shape index (κ2) is 8.03. The zero-order chi connectivity index (χ0) is 18.4. The fourth-order valence-corrected chi connectivity index (χ4v) is 2.60. The maximum absolute atomic E-state index is 11.9. The van der Waals surface area contributed by atoms with Crippen LogP contribution in [0.25, 0.3) is 0 Å². The normalized spacial score (nSPS) is 10.2. The fourth-order valence-electron chi connectivity index (χ4n) is 1.95. The lowest BCUT2D eigenvalue weighted by atomic mass is 10.3. The molecule has 0 saturated heterocycles. The van der Waals surface area contributed by atoms with Gasteiger partial charge in [-0.15, -0.1) is 10.2 Å². The number of amides is 2. The number of nitrogens with one attached hydrogen (secondary N) is 2. The molecule has 2 amide bonds. The lowest BCUT2D eigenvalue weighted by molar-refractivity contribution is -0.384. The average molecular weight is 371 g/mol. The number of nitro benzene ring substituents is 1. The Kier molecular flexibility index (Phi) is 5.34. The lowest BCUT2D eigenvalue weighted by Crippen LogP contribution is -2.19. The predicted octanol–water partition coefficient (Wildman–Crippen LogP) is 3.67. The molecule has 3 aromatic rings. The second-order valence-electron chi connectivity index (χ2n) is 4.99. The summed E-state index contributed by atoms with van der Waals surface area (Å²) in [6.07, 6.45) is 0. The Morgan fingerprint density at radius 1 is 1.08 bits per heavy atom. The molecule has 132 valence electrons. The molecule has 0 aliphatic carbocycles. The standard InChI is InChI=1S/C16H13N5O4S/c22-15(17-11-4-2-1-3-5-11)18-16-20-19-14(26-16)10-25-13-8-6-12(7-9-13)21(23)24/h1-9H,10H2,(H2,17,18,20,22). The highest BCUT2D eigenvalue weighted by Crippen LogP contribution is 2.21. The summed E-state index contributed by atoms with van der Waals surface area (Å²) < 4.78 is 5.50. The third-order valence-corrected chi connectivity index (χ3v) is 3.94. The van der Waals surface area contributed by atoms with Gasteiger partial charge in [0.1, 0.15) is 12.4 Å². The molecular formula is C16H13N5O4S. The summed E-state index contributed by atoms with van der Waals surface area (Å²) in [6.45, 7) is 0.136. The van der Waals surface area contributed by atoms with E-state index < -0.39 is 11.0 Å². The quantitative estimate of drug-likeness (QED) is 0.504. The van der Waals surface area contributed by atoms with Crippen molar-refractivity contribution < 1.29 is 14.5 Å². The van der Waals surface area contributed by atoms with Crippen molar-refractivity contribution in [1.82, 2.24) is 10.2 Å². The number of nitrogens with zero attached hydrogens (tertiary/aromatic N) is 3. The van der Waals surface area contributed by atoms with E-state index in [0.717, 1.165) is 0 Å². The monoisotopic (exact) mass is 371 g/mol. The number of nitro groups is 1. The highest BCUT2D eigenvalue weighted by molar-refractivity contribution is 7.15. The van der Waals surface area contributed by atoms with E-state index in [9.17, 15) is 14.9 Å². The number of ether oxygens (including phenoxy) is 1. The Morgan fingerprint density at radius 3 is 2.50 bits per heavy atom. The Labute approximate surface area is 151 Å². The van der Waals surface area contributed by atoms with Crippen LogP contribution in [0.5, 0.6) is 5.75 Å². The van der Waals surface area contributed by atoms with Gasteiger partial charge in [-0.2, -0.15) is 0 Å². The van der Waals surface area contributed by atoms with E-state index >= 15 is 0 Å². The van der Waals surface area contributed by atoms with Crippen LogP contribution in [0, 0.1) is 10.1 Å². The first kappa shape index (κ1) is 17.3. The molecule has 26 heavy (non-hydrogen) atoms. The third kappa shape index (κ3) is 4.74. The molecule has 0 saturated carbocycles. The van der Waals surface area contributed by atoms with E-state index in [-0.39, 0.29) is 12.3 Å². The van der Waals surface area contributed by atoms with Gasteiger partial charge in [0.2, 0.25) is 5.13 Å². The largest absolute Gasteiger partial charge is 0.486 e. The molecule has 1 heterocycles. The minimum absolute atomic E-state index is 0.0100. The van der Waals surface area contributed by atoms with Crippen molar-refractivity contribution in [2.24, 2.45) is 0 Å². The van der Waals surface area contributed by atoms with Crippen LogP contribution in [0.3, 0.4) is 0 Å². The molecule has 0 fully saturated rings. The summed E-state index contributed by atoms with van der Waals surface area (Å²) in [4.78, 5) is 22.0. The van der Waals surface area contributed by atoms with Gasteiger partial charge in [0.25, 0.3) is 5.69 Å². The van der Waals surface area contributed by atoms with Crippen molar-refractivity contribution in [2.45, 2.75) is 6.61 Å². The van der Waals surface area contributed by atoms with E-state index in [1.165, 1.54) is 35.6 Å². The van der Waals surface area contributed by atoms with E-state index in [0.29, 0.717) is 21.6 Å². The average Bonchev–Trinajstić information content (AvgIpc) is 3.08. The van der Waals surface area contributed by atoms with Gasteiger partial charge in [0.05, 0.1) is 4.92 Å². The van der Waals surface area contributed by atoms with Crippen molar-refractivity contribution in [2.75, 3.05) is 10.6 Å². The van der Waals surface area contributed by atoms with Crippen LogP contribution in [0.15, 0.2) is 54.6 Å². The van der Waals surface area contributed by atoms with Gasteiger partial charge < -0.3 is 10.1 Å². The third-order valence-electron chi connectivity index (χ3n) is 3.13. The number of non-ortho nitro benzene ring substituents is 1. The van der Waals surface area contributed by atoms with Crippen molar-refractivity contribution in [3.05, 3.63) is 69.7 Å². The smallest absolute Gasteiger partial charge is 0.325 e. The Morgan fingerprint density at radius 2 is 1.81 bits per heavy atom. The van der Waals surface area contributed by atoms with E-state index in [4.69, 9.17) is 4.74 Å². The van der Waals surface area contributed by atoms with Crippen molar-refractivity contribution >= 4 is 33.9 Å². The predicted molar refractivity (Wildman–Crippen MR) is 96.4 cm³/mol. The topological polar surface area (TPSA) is 119 Å². The number of hydrogen-bond acceptors (Lipinski definition) is 7. The lowest BCUT2D eigenvalue weighted by Gasteiger charge is -2.04. The van der Waals surface area contributed by atoms with Gasteiger partial charge in [-0.1, -0.05) is 29.5 Å². The van der Waals surface area contributed by atoms with Crippen LogP contribution in [0.4, 0.5) is 21.3 Å². The molecule has 10 heteroatoms. The maximum atomic E-state index is 11.9. The zero-order valence-electron chi connectivity index (χ0n) is 13.3. The number of para-hydroxylation sites is 1. The number of aromatic nitrogens is 2. The highest BCUT2D eigenvalue weighted by Gasteiger charge is 2.10. The minimum atomic E-state index is -0.479. The van der Waals surface area contributed by atoms with Crippen LogP contribution >= 0.6 is 11.3 Å². The van der Waals surface area contributed by atoms with Crippen LogP contribution in [0.1, 0.15) is 5.01 Å². The number of anilines is 2. The first-order valence-electron chi connectivity index (χ1n) is 7.43. The molecule has 0 aliphatic rings. The van der Waals surface area contributed by atoms with Gasteiger partial charge in [0.15, 0.2) is 5.01 Å². The molecule has 0 atom stereocenters. The Balaban J connectivity index is 1.51. The van der Waals surface area contributed by atoms with E-state index in [1.807, 2.05) is 18.2 Å². The van der Waals surface area contributed by atoms with Gasteiger partial charge >= 0.3 is 6.03 Å².